The van der Waals surface area contributed by atoms with Gasteiger partial charge >= 0.3 is 0 Å². The molecule has 0 saturated carbocycles. The molecule has 0 amide bonds. The molecule has 1 saturated heterocycles. The molecule has 0 bridgehead atoms. The zero-order valence-electron chi connectivity index (χ0n) is 51.8. The Hall–Kier alpha value is -4.50. The van der Waals surface area contributed by atoms with Gasteiger partial charge in [0.15, 0.2) is 0 Å². The van der Waals surface area contributed by atoms with Crippen LogP contribution in [0.1, 0.15) is 117 Å². The van der Waals surface area contributed by atoms with E-state index < -0.39 is 0 Å². The number of hydrogen-bond acceptors (Lipinski definition) is 10. The average molecular weight is 1100 g/mol. The molecule has 0 unspecified atom stereocenters. The van der Waals surface area contributed by atoms with Crippen molar-refractivity contribution < 1.29 is 18.9 Å². The number of pyridine rings is 2. The van der Waals surface area contributed by atoms with Crippen LogP contribution in [0.4, 0.5) is 0 Å². The zero-order chi connectivity index (χ0) is 57.3. The summed E-state index contributed by atoms with van der Waals surface area (Å²) in [5, 5.41) is 2.33. The summed E-state index contributed by atoms with van der Waals surface area (Å²) < 4.78 is 32.8. The molecule has 1 aliphatic heterocycles. The Morgan fingerprint density at radius 1 is 0.412 bits per heavy atom. The first-order valence-electron chi connectivity index (χ1n) is 30.6. The molecule has 8 atom stereocenters. The number of fused-ring (bicyclic) bond motifs is 2. The van der Waals surface area contributed by atoms with Crippen molar-refractivity contribution >= 4 is 22.1 Å². The molecule has 0 radical (unpaired) electrons. The van der Waals surface area contributed by atoms with Crippen molar-refractivity contribution in [3.8, 4) is 0 Å². The number of nitrogens with zero attached hydrogens (tertiary/aromatic N) is 8. The van der Waals surface area contributed by atoms with Gasteiger partial charge in [0.1, 0.15) is 11.3 Å². The zero-order valence-corrected chi connectivity index (χ0v) is 51.8. The Morgan fingerprint density at radius 3 is 1.06 bits per heavy atom. The Kier molecular flexibility index (Phi) is 24.6. The van der Waals surface area contributed by atoms with Gasteiger partial charge in [-0.25, -0.2) is 9.97 Å². The summed E-state index contributed by atoms with van der Waals surface area (Å²) in [5.74, 6) is 2.07. The highest BCUT2D eigenvalue weighted by atomic mass is 16.5. The van der Waals surface area contributed by atoms with Crippen LogP contribution in [0.25, 0.3) is 22.1 Å². The summed E-state index contributed by atoms with van der Waals surface area (Å²) in [6.45, 7) is 30.7. The molecule has 0 spiro atoms. The predicted molar refractivity (Wildman–Crippen MR) is 332 cm³/mol. The molecule has 12 nitrogen and oxygen atoms in total. The highest BCUT2D eigenvalue weighted by molar-refractivity contribution is 5.76. The van der Waals surface area contributed by atoms with Crippen LogP contribution in [-0.4, -0.2) is 168 Å². The normalized spacial score (nSPS) is 24.4. The summed E-state index contributed by atoms with van der Waals surface area (Å²) in [6, 6.07) is 31.9. The predicted octanol–water partition coefficient (Wildman–Crippen LogP) is 12.2. The van der Waals surface area contributed by atoms with Gasteiger partial charge < -0.3 is 28.1 Å². The van der Waals surface area contributed by atoms with Crippen molar-refractivity contribution in [3.05, 3.63) is 132 Å². The van der Waals surface area contributed by atoms with Crippen LogP contribution in [0, 0.1) is 23.7 Å². The van der Waals surface area contributed by atoms with Crippen LogP contribution in [0.5, 0.6) is 0 Å². The first-order chi connectivity index (χ1) is 38.3. The van der Waals surface area contributed by atoms with E-state index in [9.17, 15) is 0 Å². The van der Waals surface area contributed by atoms with Crippen molar-refractivity contribution in [2.75, 3.05) is 80.8 Å². The van der Waals surface area contributed by atoms with Gasteiger partial charge in [-0.3, -0.25) is 19.6 Å². The van der Waals surface area contributed by atoms with Gasteiger partial charge in [0.05, 0.1) is 50.8 Å². The van der Waals surface area contributed by atoms with E-state index in [1.807, 2.05) is 24.5 Å². The SMILES string of the molecule is CC(C)C[C@H]1CO[C@H](C)CN(C)[C@@H](CC(C)C)CO[C@H](Cc2ccc(Cn3ccc4cccnc43)cc2)CN(C)[C@@H](CC(C)C)CO[C@H](C)CN(C)[C@@H](CC(C)C)CO[C@H](Cc2ccc(Cn3ccc4cccnc43)cc2)CN1C. The lowest BCUT2D eigenvalue weighted by Gasteiger charge is -2.37. The molecule has 0 N–H and O–H groups in total. The van der Waals surface area contributed by atoms with Crippen molar-refractivity contribution in [1.82, 2.24) is 38.7 Å². The Morgan fingerprint density at radius 2 is 0.725 bits per heavy atom. The maximum atomic E-state index is 7.23. The number of aromatic nitrogens is 4. The van der Waals surface area contributed by atoms with Crippen molar-refractivity contribution in [2.24, 2.45) is 23.7 Å². The fourth-order valence-electron chi connectivity index (χ4n) is 12.0. The van der Waals surface area contributed by atoms with E-state index in [4.69, 9.17) is 18.9 Å². The molecule has 12 heteroatoms. The lowest BCUT2D eigenvalue weighted by molar-refractivity contribution is -0.0536. The summed E-state index contributed by atoms with van der Waals surface area (Å²) in [7, 11) is 9.13. The summed E-state index contributed by atoms with van der Waals surface area (Å²) in [6.07, 6.45) is 13.9. The standard InChI is InChI=1S/C68H104N8O4/c1-49(2)33-61-45-77-53(9)39-71(11)64(36-52(7)8)48-80-66(38-56-21-25-58(26-22-56)42-76-32-28-60-18-16-30-70-68(60)76)44-74(14)62(34-50(3)4)46-78-54(10)40-72(12)63(35-51(5)6)47-79-65(43-73(61)13)37-55-19-23-57(24-20-55)41-75-31-27-59-17-15-29-69-67(59)75/h15-32,49-54,61-66H,33-48H2,1-14H3/t53-,54-,61+,62+,63+,64+,65-,66-/m1/s1. The molecular weight excluding hydrogens is 993 g/mol. The third-order valence-electron chi connectivity index (χ3n) is 16.5. The minimum absolute atomic E-state index is 0.00906. The average Bonchev–Trinajstić information content (AvgIpc) is 4.04. The second-order valence-corrected chi connectivity index (χ2v) is 25.9. The largest absolute Gasteiger partial charge is 0.376 e. The number of rotatable bonds is 16. The number of likely N-dealkylation sites (N-methyl/N-ethyl adjacent to an activating group) is 4. The van der Waals surface area contributed by atoms with Gasteiger partial charge in [-0.05, 0) is 163 Å². The van der Waals surface area contributed by atoms with Gasteiger partial charge in [-0.1, -0.05) is 104 Å². The third kappa shape index (κ3) is 19.9. The van der Waals surface area contributed by atoms with Gasteiger partial charge in [-0.2, -0.15) is 0 Å². The second-order valence-electron chi connectivity index (χ2n) is 25.9. The van der Waals surface area contributed by atoms with E-state index in [1.54, 1.807) is 0 Å². The van der Waals surface area contributed by atoms with E-state index in [-0.39, 0.29) is 48.6 Å². The summed E-state index contributed by atoms with van der Waals surface area (Å²) in [4.78, 5) is 19.4. The number of ether oxygens (including phenoxy) is 4. The minimum atomic E-state index is -0.00906. The molecule has 80 heavy (non-hydrogen) atoms. The fourth-order valence-corrected chi connectivity index (χ4v) is 12.0. The lowest BCUT2D eigenvalue weighted by Crippen LogP contribution is -2.47. The van der Waals surface area contributed by atoms with Gasteiger partial charge in [0.2, 0.25) is 0 Å². The lowest BCUT2D eigenvalue weighted by atomic mass is 10.0. The van der Waals surface area contributed by atoms with Crippen LogP contribution in [0.15, 0.2) is 110 Å². The second kappa shape index (κ2) is 31.2. The topological polar surface area (TPSA) is 85.5 Å². The summed E-state index contributed by atoms with van der Waals surface area (Å²) >= 11 is 0. The molecule has 5 heterocycles. The van der Waals surface area contributed by atoms with Crippen molar-refractivity contribution in [2.45, 2.75) is 169 Å². The van der Waals surface area contributed by atoms with Crippen LogP contribution in [0.2, 0.25) is 0 Å². The molecule has 6 aromatic rings. The van der Waals surface area contributed by atoms with Crippen molar-refractivity contribution in [1.29, 1.82) is 0 Å². The molecular formula is C68H104N8O4. The maximum absolute atomic E-state index is 7.23. The molecule has 1 aliphatic rings. The van der Waals surface area contributed by atoms with E-state index in [1.165, 1.54) is 33.0 Å². The molecule has 7 rings (SSSR count). The molecule has 1 fully saturated rings. The van der Waals surface area contributed by atoms with Gasteiger partial charge in [-0.15, -0.1) is 0 Å². The van der Waals surface area contributed by atoms with Gasteiger partial charge in [0, 0.05) is 99.0 Å². The first-order valence-corrected chi connectivity index (χ1v) is 30.6. The van der Waals surface area contributed by atoms with E-state index >= 15 is 0 Å². The highest BCUT2D eigenvalue weighted by Crippen LogP contribution is 2.24. The molecule has 440 valence electrons. The van der Waals surface area contributed by atoms with Crippen LogP contribution >= 0.6 is 0 Å². The Bertz CT molecular complexity index is 2480. The van der Waals surface area contributed by atoms with Crippen LogP contribution < -0.4 is 0 Å². The smallest absolute Gasteiger partial charge is 0.140 e. The van der Waals surface area contributed by atoms with E-state index in [0.717, 1.165) is 89.1 Å². The molecule has 4 aromatic heterocycles. The monoisotopic (exact) mass is 1100 g/mol. The Balaban J connectivity index is 1.11. The highest BCUT2D eigenvalue weighted by Gasteiger charge is 2.29. The number of benzene rings is 2. The Labute approximate surface area is 483 Å². The van der Waals surface area contributed by atoms with E-state index in [0.29, 0.717) is 50.1 Å². The van der Waals surface area contributed by atoms with Gasteiger partial charge in [0.25, 0.3) is 0 Å². The molecule has 0 aliphatic carbocycles. The van der Waals surface area contributed by atoms with Crippen LogP contribution in [-0.2, 0) is 44.9 Å². The fraction of sp³-hybridized carbons (Fsp3) is 0.618. The third-order valence-corrected chi connectivity index (χ3v) is 16.5. The van der Waals surface area contributed by atoms with Crippen molar-refractivity contribution in [3.63, 3.8) is 0 Å². The molecule has 2 aromatic carbocycles. The minimum Gasteiger partial charge on any atom is -0.376 e. The van der Waals surface area contributed by atoms with Crippen LogP contribution in [0.3, 0.4) is 0 Å². The first kappa shape index (κ1) is 63.1. The van der Waals surface area contributed by atoms with E-state index in [2.05, 4.69) is 221 Å². The quantitative estimate of drug-likeness (QED) is 0.0934. The summed E-state index contributed by atoms with van der Waals surface area (Å²) in [5.41, 5.74) is 7.13. The maximum Gasteiger partial charge on any atom is 0.140 e. The number of hydrogen-bond donors (Lipinski definition) is 0.